The van der Waals surface area contributed by atoms with Gasteiger partial charge in [0.1, 0.15) is 0 Å². The largest absolute Gasteiger partial charge is 0.380 e. The Hall–Kier alpha value is -0.120. The molecule has 2 fully saturated rings. The normalized spacial score (nSPS) is 40.4. The fourth-order valence-corrected chi connectivity index (χ4v) is 3.37. The lowest BCUT2D eigenvalue weighted by atomic mass is 9.86. The number of hydrogen-bond donors (Lipinski definition) is 1. The number of ether oxygens (including phenoxy) is 1. The van der Waals surface area contributed by atoms with Crippen molar-refractivity contribution in [3.8, 4) is 0 Å². The number of piperidine rings is 1. The summed E-state index contributed by atoms with van der Waals surface area (Å²) in [6, 6.07) is 0.712. The third kappa shape index (κ3) is 3.01. The van der Waals surface area contributed by atoms with Crippen molar-refractivity contribution in [2.75, 3.05) is 32.8 Å². The molecule has 2 rings (SSSR count). The summed E-state index contributed by atoms with van der Waals surface area (Å²) >= 11 is 0. The van der Waals surface area contributed by atoms with Crippen LogP contribution in [0.1, 0.15) is 40.0 Å². The monoisotopic (exact) mass is 240 g/mol. The Labute approximate surface area is 106 Å². The van der Waals surface area contributed by atoms with Gasteiger partial charge in [-0.1, -0.05) is 13.8 Å². The Kier molecular flexibility index (Phi) is 4.45. The van der Waals surface area contributed by atoms with Gasteiger partial charge in [-0.15, -0.1) is 0 Å². The molecule has 0 aromatic carbocycles. The number of nitrogens with one attached hydrogen (secondary N) is 1. The van der Waals surface area contributed by atoms with Crippen molar-refractivity contribution in [1.82, 2.24) is 10.2 Å². The number of hydrogen-bond acceptors (Lipinski definition) is 3. The second kappa shape index (κ2) is 5.68. The molecule has 3 atom stereocenters. The van der Waals surface area contributed by atoms with Gasteiger partial charge < -0.3 is 10.1 Å². The molecule has 0 aromatic rings. The quantitative estimate of drug-likeness (QED) is 0.815. The predicted octanol–water partition coefficient (Wildman–Crippen LogP) is 1.88. The molecule has 0 aromatic heterocycles. The topological polar surface area (TPSA) is 24.5 Å². The van der Waals surface area contributed by atoms with E-state index in [-0.39, 0.29) is 0 Å². The van der Waals surface area contributed by atoms with E-state index in [0.717, 1.165) is 25.7 Å². The molecule has 0 amide bonds. The van der Waals surface area contributed by atoms with Crippen LogP contribution in [0.3, 0.4) is 0 Å². The third-order valence-electron chi connectivity index (χ3n) is 4.55. The van der Waals surface area contributed by atoms with Gasteiger partial charge in [-0.05, 0) is 38.6 Å². The molecule has 0 aliphatic carbocycles. The lowest BCUT2D eigenvalue weighted by molar-refractivity contribution is -0.0577. The summed E-state index contributed by atoms with van der Waals surface area (Å²) in [5.41, 5.74) is 0.295. The highest BCUT2D eigenvalue weighted by Crippen LogP contribution is 2.30. The van der Waals surface area contributed by atoms with Gasteiger partial charge in [0.05, 0.1) is 6.61 Å². The molecule has 1 N–H and O–H groups in total. The average Bonchev–Trinajstić information content (AvgIpc) is 2.33. The predicted molar refractivity (Wildman–Crippen MR) is 71.3 cm³/mol. The van der Waals surface area contributed by atoms with E-state index < -0.39 is 0 Å². The van der Waals surface area contributed by atoms with Crippen LogP contribution < -0.4 is 5.32 Å². The van der Waals surface area contributed by atoms with Crippen LogP contribution in [0, 0.1) is 5.92 Å². The summed E-state index contributed by atoms with van der Waals surface area (Å²) in [5.74, 6) is 0.752. The van der Waals surface area contributed by atoms with Gasteiger partial charge in [-0.25, -0.2) is 0 Å². The maximum absolute atomic E-state index is 5.69. The van der Waals surface area contributed by atoms with Gasteiger partial charge in [-0.2, -0.15) is 0 Å². The standard InChI is InChI=1S/C14H28N2O/c1-4-15-13-6-8-16(10-12(13)2)14(3)7-5-9-17-11-14/h12-13,15H,4-11H2,1-3H3. The highest BCUT2D eigenvalue weighted by atomic mass is 16.5. The zero-order chi connectivity index (χ0) is 12.3. The summed E-state index contributed by atoms with van der Waals surface area (Å²) in [6.45, 7) is 12.4. The van der Waals surface area contributed by atoms with Crippen LogP contribution in [-0.2, 0) is 4.74 Å². The fraction of sp³-hybridized carbons (Fsp3) is 1.00. The van der Waals surface area contributed by atoms with Crippen LogP contribution >= 0.6 is 0 Å². The Morgan fingerprint density at radius 1 is 1.47 bits per heavy atom. The van der Waals surface area contributed by atoms with Gasteiger partial charge in [0.15, 0.2) is 0 Å². The molecule has 3 nitrogen and oxygen atoms in total. The maximum Gasteiger partial charge on any atom is 0.0647 e. The lowest BCUT2D eigenvalue weighted by Crippen LogP contribution is -2.58. The minimum Gasteiger partial charge on any atom is -0.380 e. The first kappa shape index (κ1) is 13.3. The van der Waals surface area contributed by atoms with Crippen LogP contribution in [0.5, 0.6) is 0 Å². The second-order valence-electron chi connectivity index (χ2n) is 6.03. The van der Waals surface area contributed by atoms with Crippen molar-refractivity contribution in [1.29, 1.82) is 0 Å². The highest BCUT2D eigenvalue weighted by Gasteiger charge is 2.38. The number of likely N-dealkylation sites (tertiary alicyclic amines) is 1. The molecule has 3 heteroatoms. The zero-order valence-corrected chi connectivity index (χ0v) is 11.7. The van der Waals surface area contributed by atoms with Crippen molar-refractivity contribution >= 4 is 0 Å². The molecule has 100 valence electrons. The fourth-order valence-electron chi connectivity index (χ4n) is 3.37. The average molecular weight is 240 g/mol. The third-order valence-corrected chi connectivity index (χ3v) is 4.55. The first-order valence-corrected chi connectivity index (χ1v) is 7.22. The van der Waals surface area contributed by atoms with Gasteiger partial charge >= 0.3 is 0 Å². The van der Waals surface area contributed by atoms with E-state index in [9.17, 15) is 0 Å². The second-order valence-corrected chi connectivity index (χ2v) is 6.03. The minimum absolute atomic E-state index is 0.295. The van der Waals surface area contributed by atoms with Crippen molar-refractivity contribution in [3.05, 3.63) is 0 Å². The highest BCUT2D eigenvalue weighted by molar-refractivity contribution is 4.93. The summed E-state index contributed by atoms with van der Waals surface area (Å²) in [4.78, 5) is 2.67. The van der Waals surface area contributed by atoms with Crippen molar-refractivity contribution in [2.45, 2.75) is 51.6 Å². The summed E-state index contributed by atoms with van der Waals surface area (Å²) < 4.78 is 5.69. The molecule has 2 aliphatic rings. The van der Waals surface area contributed by atoms with Gasteiger partial charge in [0.2, 0.25) is 0 Å². The molecular weight excluding hydrogens is 212 g/mol. The van der Waals surface area contributed by atoms with E-state index in [1.54, 1.807) is 0 Å². The van der Waals surface area contributed by atoms with Crippen molar-refractivity contribution in [2.24, 2.45) is 5.92 Å². The molecule has 2 saturated heterocycles. The van der Waals surface area contributed by atoms with Crippen LogP contribution in [-0.4, -0.2) is 49.3 Å². The van der Waals surface area contributed by atoms with E-state index in [1.165, 1.54) is 32.4 Å². The zero-order valence-electron chi connectivity index (χ0n) is 11.7. The van der Waals surface area contributed by atoms with Crippen molar-refractivity contribution < 1.29 is 4.74 Å². The van der Waals surface area contributed by atoms with Gasteiger partial charge in [-0.3, -0.25) is 4.90 Å². The lowest BCUT2D eigenvalue weighted by Gasteiger charge is -2.48. The van der Waals surface area contributed by atoms with Crippen LogP contribution in [0.25, 0.3) is 0 Å². The van der Waals surface area contributed by atoms with E-state index >= 15 is 0 Å². The van der Waals surface area contributed by atoms with E-state index in [2.05, 4.69) is 31.0 Å². The first-order valence-electron chi connectivity index (χ1n) is 7.22. The molecule has 3 unspecified atom stereocenters. The van der Waals surface area contributed by atoms with Crippen LogP contribution in [0.4, 0.5) is 0 Å². The maximum atomic E-state index is 5.69. The van der Waals surface area contributed by atoms with E-state index in [1.807, 2.05) is 0 Å². The first-order chi connectivity index (χ1) is 8.15. The number of nitrogens with zero attached hydrogens (tertiary/aromatic N) is 1. The Morgan fingerprint density at radius 3 is 2.88 bits per heavy atom. The SMILES string of the molecule is CCNC1CCN(C2(C)CCCOC2)CC1C. The van der Waals surface area contributed by atoms with Crippen LogP contribution in [0.2, 0.25) is 0 Å². The van der Waals surface area contributed by atoms with Gasteiger partial charge in [0.25, 0.3) is 0 Å². The summed E-state index contributed by atoms with van der Waals surface area (Å²) in [7, 11) is 0. The molecule has 0 radical (unpaired) electrons. The van der Waals surface area contributed by atoms with Crippen molar-refractivity contribution in [3.63, 3.8) is 0 Å². The Morgan fingerprint density at radius 2 is 2.29 bits per heavy atom. The van der Waals surface area contributed by atoms with Crippen LogP contribution in [0.15, 0.2) is 0 Å². The molecule has 0 bridgehead atoms. The number of rotatable bonds is 3. The summed E-state index contributed by atoms with van der Waals surface area (Å²) in [6.07, 6.45) is 3.80. The molecule has 2 heterocycles. The van der Waals surface area contributed by atoms with E-state index in [4.69, 9.17) is 4.74 Å². The Bertz CT molecular complexity index is 238. The molecule has 2 aliphatic heterocycles. The molecule has 17 heavy (non-hydrogen) atoms. The Balaban J connectivity index is 1.91. The molecule has 0 spiro atoms. The van der Waals surface area contributed by atoms with E-state index in [0.29, 0.717) is 11.6 Å². The van der Waals surface area contributed by atoms with Gasteiger partial charge in [0, 0.05) is 31.3 Å². The summed E-state index contributed by atoms with van der Waals surface area (Å²) in [5, 5.41) is 3.61. The minimum atomic E-state index is 0.295. The smallest absolute Gasteiger partial charge is 0.0647 e. The molecular formula is C14H28N2O. The molecule has 0 saturated carbocycles.